The van der Waals surface area contributed by atoms with E-state index in [-0.39, 0.29) is 30.1 Å². The molecule has 1 aliphatic carbocycles. The van der Waals surface area contributed by atoms with Crippen molar-refractivity contribution in [3.8, 4) is 11.3 Å². The number of Topliss-reactive ketones (excluding diaryl/α,β-unsaturated/α-hetero) is 1. The van der Waals surface area contributed by atoms with Crippen LogP contribution < -0.4 is 0 Å². The Labute approximate surface area is 168 Å². The van der Waals surface area contributed by atoms with Crippen molar-refractivity contribution >= 4 is 11.8 Å². The molecule has 5 nitrogen and oxygen atoms in total. The van der Waals surface area contributed by atoms with Crippen LogP contribution in [0.25, 0.3) is 11.3 Å². The maximum atomic E-state index is 14.6. The predicted molar refractivity (Wildman–Crippen MR) is 104 cm³/mol. The van der Waals surface area contributed by atoms with E-state index in [1.165, 1.54) is 12.1 Å². The molecular formula is C22H24F2N2O3. The van der Waals surface area contributed by atoms with Gasteiger partial charge in [0.2, 0.25) is 0 Å². The first-order valence-corrected chi connectivity index (χ1v) is 9.59. The highest BCUT2D eigenvalue weighted by atomic mass is 19.1. The maximum absolute atomic E-state index is 14.6. The van der Waals surface area contributed by atoms with Gasteiger partial charge in [-0.3, -0.25) is 9.78 Å². The highest BCUT2D eigenvalue weighted by Gasteiger charge is 2.30. The number of benzene rings is 1. The molecule has 1 heterocycles. The van der Waals surface area contributed by atoms with Crippen molar-refractivity contribution in [2.75, 3.05) is 0 Å². The fourth-order valence-corrected chi connectivity index (χ4v) is 3.33. The van der Waals surface area contributed by atoms with Gasteiger partial charge in [-0.2, -0.15) is 0 Å². The van der Waals surface area contributed by atoms with Gasteiger partial charge in [0, 0.05) is 24.1 Å². The molecule has 0 spiro atoms. The molecule has 1 aromatic heterocycles. The molecule has 0 amide bonds. The molecule has 29 heavy (non-hydrogen) atoms. The third kappa shape index (κ3) is 4.83. The number of halogens is 2. The minimum absolute atomic E-state index is 0.0853. The zero-order valence-electron chi connectivity index (χ0n) is 17.0. The summed E-state index contributed by atoms with van der Waals surface area (Å²) in [4.78, 5) is 32.5. The van der Waals surface area contributed by atoms with Crippen LogP contribution in [0.3, 0.4) is 0 Å². The second-order valence-electron chi connectivity index (χ2n) is 8.33. The van der Waals surface area contributed by atoms with Gasteiger partial charge in [0.25, 0.3) is 0 Å². The summed E-state index contributed by atoms with van der Waals surface area (Å²) in [5, 5.41) is 0. The van der Waals surface area contributed by atoms with E-state index >= 15 is 0 Å². The van der Waals surface area contributed by atoms with Crippen molar-refractivity contribution in [2.45, 2.75) is 64.6 Å². The Balaban J connectivity index is 1.90. The molecule has 2 unspecified atom stereocenters. The molecule has 0 radical (unpaired) electrons. The largest absolute Gasteiger partial charge is 0.456 e. The molecule has 1 fully saturated rings. The molecule has 0 aliphatic heterocycles. The fourth-order valence-electron chi connectivity index (χ4n) is 3.33. The Morgan fingerprint density at radius 2 is 2.00 bits per heavy atom. The number of ether oxygens (including phenoxy) is 1. The van der Waals surface area contributed by atoms with Crippen molar-refractivity contribution in [3.63, 3.8) is 0 Å². The van der Waals surface area contributed by atoms with Gasteiger partial charge in [0.1, 0.15) is 11.4 Å². The molecule has 0 N–H and O–H groups in total. The average Bonchev–Trinajstić information content (AvgIpc) is 2.63. The highest BCUT2D eigenvalue weighted by molar-refractivity contribution is 5.90. The van der Waals surface area contributed by atoms with Crippen LogP contribution in [0.15, 0.2) is 24.4 Å². The number of rotatable bonds is 3. The van der Waals surface area contributed by atoms with Crippen LogP contribution in [-0.2, 0) is 9.53 Å². The third-order valence-electron chi connectivity index (χ3n) is 4.83. The van der Waals surface area contributed by atoms with E-state index in [2.05, 4.69) is 9.97 Å². The van der Waals surface area contributed by atoms with Gasteiger partial charge in [-0.15, -0.1) is 0 Å². The first-order chi connectivity index (χ1) is 13.5. The number of ketones is 1. The minimum Gasteiger partial charge on any atom is -0.456 e. The first kappa shape index (κ1) is 21.0. The quantitative estimate of drug-likeness (QED) is 0.695. The lowest BCUT2D eigenvalue weighted by Crippen LogP contribution is -2.25. The Morgan fingerprint density at radius 3 is 2.62 bits per heavy atom. The number of hydrogen-bond donors (Lipinski definition) is 0. The van der Waals surface area contributed by atoms with Gasteiger partial charge in [-0.1, -0.05) is 6.07 Å². The molecule has 3 rings (SSSR count). The molecule has 7 heteroatoms. The van der Waals surface area contributed by atoms with Crippen LogP contribution in [0, 0.1) is 12.7 Å². The van der Waals surface area contributed by atoms with E-state index in [9.17, 15) is 18.4 Å². The van der Waals surface area contributed by atoms with Gasteiger partial charge >= 0.3 is 5.97 Å². The summed E-state index contributed by atoms with van der Waals surface area (Å²) in [6.45, 7) is 6.88. The Morgan fingerprint density at radius 1 is 1.28 bits per heavy atom. The van der Waals surface area contributed by atoms with E-state index < -0.39 is 23.6 Å². The van der Waals surface area contributed by atoms with Gasteiger partial charge < -0.3 is 4.74 Å². The van der Waals surface area contributed by atoms with Crippen LogP contribution in [-0.4, -0.2) is 33.5 Å². The van der Waals surface area contributed by atoms with Gasteiger partial charge in [-0.25, -0.2) is 18.6 Å². The predicted octanol–water partition coefficient (Wildman–Crippen LogP) is 4.72. The van der Waals surface area contributed by atoms with Crippen molar-refractivity contribution in [1.82, 2.24) is 9.97 Å². The Bertz CT molecular complexity index is 954. The van der Waals surface area contributed by atoms with E-state index in [0.29, 0.717) is 29.1 Å². The number of hydrogen-bond acceptors (Lipinski definition) is 5. The number of carbonyl (C=O) groups excluding carboxylic acids is 2. The molecule has 0 saturated heterocycles. The Hall–Kier alpha value is -2.70. The first-order valence-electron chi connectivity index (χ1n) is 9.59. The summed E-state index contributed by atoms with van der Waals surface area (Å²) >= 11 is 0. The average molecular weight is 402 g/mol. The van der Waals surface area contributed by atoms with Gasteiger partial charge in [0.15, 0.2) is 12.0 Å². The van der Waals surface area contributed by atoms with Crippen molar-refractivity contribution in [3.05, 3.63) is 47.2 Å². The van der Waals surface area contributed by atoms with Gasteiger partial charge in [-0.05, 0) is 52.7 Å². The number of carbonyl (C=O) groups is 2. The lowest BCUT2D eigenvalue weighted by Gasteiger charge is -2.23. The zero-order chi connectivity index (χ0) is 21.3. The summed E-state index contributed by atoms with van der Waals surface area (Å²) in [6, 6.07) is 4.18. The van der Waals surface area contributed by atoms with Gasteiger partial charge in [0.05, 0.1) is 22.6 Å². The van der Waals surface area contributed by atoms with Crippen molar-refractivity contribution < 1.29 is 23.1 Å². The SMILES string of the molecule is Cc1ncc(C2CCC(=O)C(F)C2)nc1-c1ccc(C(=O)OC(C)(C)C)c(F)c1. The summed E-state index contributed by atoms with van der Waals surface area (Å²) in [6.07, 6.45) is 0.878. The van der Waals surface area contributed by atoms with E-state index in [1.807, 2.05) is 0 Å². The van der Waals surface area contributed by atoms with Crippen LogP contribution in [0.5, 0.6) is 0 Å². The standard InChI is InChI=1S/C22H24F2N2O3/c1-12-20(26-18(11-25-12)13-6-8-19(27)17(24)9-13)14-5-7-15(16(23)10-14)21(28)29-22(2,3)4/h5,7,10-11,13,17H,6,8-9H2,1-4H3. The summed E-state index contributed by atoms with van der Waals surface area (Å²) < 4.78 is 33.6. The molecule has 2 atom stereocenters. The lowest BCUT2D eigenvalue weighted by molar-refractivity contribution is -0.125. The second-order valence-corrected chi connectivity index (χ2v) is 8.33. The number of nitrogens with zero attached hydrogens (tertiary/aromatic N) is 2. The number of esters is 1. The molecule has 1 aliphatic rings. The second kappa shape index (κ2) is 7.97. The molecular weight excluding hydrogens is 378 g/mol. The van der Waals surface area contributed by atoms with Crippen LogP contribution in [0.1, 0.15) is 67.7 Å². The number of aromatic nitrogens is 2. The topological polar surface area (TPSA) is 69.2 Å². The molecule has 1 aromatic carbocycles. The van der Waals surface area contributed by atoms with Crippen molar-refractivity contribution in [2.24, 2.45) is 0 Å². The third-order valence-corrected chi connectivity index (χ3v) is 4.83. The number of aryl methyl sites for hydroxylation is 1. The summed E-state index contributed by atoms with van der Waals surface area (Å²) in [7, 11) is 0. The van der Waals surface area contributed by atoms with Crippen LogP contribution in [0.4, 0.5) is 8.78 Å². The molecule has 1 saturated carbocycles. The minimum atomic E-state index is -1.48. The highest BCUT2D eigenvalue weighted by Crippen LogP contribution is 2.33. The van der Waals surface area contributed by atoms with Crippen LogP contribution in [0.2, 0.25) is 0 Å². The van der Waals surface area contributed by atoms with E-state index in [0.717, 1.165) is 0 Å². The zero-order valence-corrected chi connectivity index (χ0v) is 17.0. The molecule has 2 aromatic rings. The lowest BCUT2D eigenvalue weighted by atomic mass is 9.85. The molecule has 0 bridgehead atoms. The van der Waals surface area contributed by atoms with E-state index in [1.54, 1.807) is 40.0 Å². The normalized spacial score (nSPS) is 19.9. The maximum Gasteiger partial charge on any atom is 0.341 e. The monoisotopic (exact) mass is 402 g/mol. The summed E-state index contributed by atoms with van der Waals surface area (Å²) in [5.74, 6) is -2.03. The van der Waals surface area contributed by atoms with Crippen LogP contribution >= 0.6 is 0 Å². The number of alkyl halides is 1. The Kier molecular flexibility index (Phi) is 5.78. The van der Waals surface area contributed by atoms with E-state index in [4.69, 9.17) is 4.74 Å². The summed E-state index contributed by atoms with van der Waals surface area (Å²) in [5.41, 5.74) is 1.21. The fraction of sp³-hybridized carbons (Fsp3) is 0.455. The smallest absolute Gasteiger partial charge is 0.341 e. The van der Waals surface area contributed by atoms with Crippen molar-refractivity contribution in [1.29, 1.82) is 0 Å². The molecule has 154 valence electrons.